The number of aliphatic hydroxyl groups is 1. The van der Waals surface area contributed by atoms with Crippen molar-refractivity contribution in [2.75, 3.05) is 0 Å². The summed E-state index contributed by atoms with van der Waals surface area (Å²) in [6, 6.07) is 9.74. The third-order valence-electron chi connectivity index (χ3n) is 2.54. The van der Waals surface area contributed by atoms with Gasteiger partial charge in [-0.3, -0.25) is 4.79 Å². The van der Waals surface area contributed by atoms with Crippen molar-refractivity contribution in [2.24, 2.45) is 5.92 Å². The molecule has 1 rings (SSSR count). The number of carboxylic acid groups (broad SMARTS) is 1. The molecule has 3 nitrogen and oxygen atoms in total. The molecule has 15 heavy (non-hydrogen) atoms. The van der Waals surface area contributed by atoms with Crippen molar-refractivity contribution in [3.63, 3.8) is 0 Å². The number of aliphatic hydroxyl groups excluding tert-OH is 1. The highest BCUT2D eigenvalue weighted by atomic mass is 16.4. The van der Waals surface area contributed by atoms with Crippen molar-refractivity contribution in [2.45, 2.75) is 25.9 Å². The molecule has 0 heterocycles. The van der Waals surface area contributed by atoms with E-state index in [2.05, 4.69) is 0 Å². The highest BCUT2D eigenvalue weighted by Crippen LogP contribution is 2.11. The van der Waals surface area contributed by atoms with Crippen molar-refractivity contribution < 1.29 is 15.0 Å². The van der Waals surface area contributed by atoms with E-state index < -0.39 is 18.0 Å². The van der Waals surface area contributed by atoms with E-state index in [0.717, 1.165) is 5.56 Å². The van der Waals surface area contributed by atoms with Crippen LogP contribution in [0.4, 0.5) is 0 Å². The van der Waals surface area contributed by atoms with Gasteiger partial charge in [-0.1, -0.05) is 30.3 Å². The van der Waals surface area contributed by atoms with Crippen LogP contribution in [0.25, 0.3) is 0 Å². The van der Waals surface area contributed by atoms with Gasteiger partial charge in [0.25, 0.3) is 0 Å². The molecule has 82 valence electrons. The molecule has 0 saturated heterocycles. The highest BCUT2D eigenvalue weighted by molar-refractivity contribution is 5.70. The number of carbonyl (C=O) groups is 1. The lowest BCUT2D eigenvalue weighted by Gasteiger charge is -2.14. The molecule has 1 aromatic carbocycles. The van der Waals surface area contributed by atoms with Crippen molar-refractivity contribution >= 4 is 5.97 Å². The average molecular weight is 208 g/mol. The molecule has 0 aliphatic carbocycles. The van der Waals surface area contributed by atoms with E-state index in [9.17, 15) is 9.90 Å². The zero-order valence-corrected chi connectivity index (χ0v) is 8.76. The maximum absolute atomic E-state index is 10.6. The Labute approximate surface area is 89.4 Å². The summed E-state index contributed by atoms with van der Waals surface area (Å²) in [6.07, 6.45) is 0.416. The predicted molar refractivity (Wildman–Crippen MR) is 57.6 cm³/mol. The zero-order valence-electron chi connectivity index (χ0n) is 8.76. The van der Waals surface area contributed by atoms with Crippen molar-refractivity contribution in [3.05, 3.63) is 35.9 Å². The molecule has 0 aliphatic heterocycles. The first-order valence-electron chi connectivity index (χ1n) is 5.06. The first-order valence-corrected chi connectivity index (χ1v) is 5.06. The Hall–Kier alpha value is -1.35. The van der Waals surface area contributed by atoms with Crippen LogP contribution < -0.4 is 0 Å². The van der Waals surface area contributed by atoms with Gasteiger partial charge in [0.2, 0.25) is 0 Å². The van der Waals surface area contributed by atoms with Gasteiger partial charge in [-0.25, -0.2) is 0 Å². The van der Waals surface area contributed by atoms with Crippen LogP contribution in [-0.2, 0) is 11.2 Å². The first kappa shape index (κ1) is 11.7. The summed E-state index contributed by atoms with van der Waals surface area (Å²) in [5, 5.41) is 18.3. The zero-order chi connectivity index (χ0) is 11.3. The molecule has 0 spiro atoms. The maximum atomic E-state index is 10.6. The minimum atomic E-state index is -0.949. The fraction of sp³-hybridized carbons (Fsp3) is 0.417. The lowest BCUT2D eigenvalue weighted by atomic mass is 9.98. The van der Waals surface area contributed by atoms with Gasteiger partial charge in [0.15, 0.2) is 0 Å². The maximum Gasteiger partial charge on any atom is 0.308 e. The fourth-order valence-corrected chi connectivity index (χ4v) is 1.37. The van der Waals surface area contributed by atoms with Crippen molar-refractivity contribution in [1.82, 2.24) is 0 Å². The summed E-state index contributed by atoms with van der Waals surface area (Å²) in [4.78, 5) is 10.6. The standard InChI is InChI=1S/C12H16O3/c1-9(12(14)15)11(13)8-7-10-5-3-2-4-6-10/h2-6,9,11,13H,7-8H2,1H3,(H,14,15)/t9-,11+/m1/s1. The van der Waals surface area contributed by atoms with E-state index in [-0.39, 0.29) is 0 Å². The van der Waals surface area contributed by atoms with Gasteiger partial charge in [-0.15, -0.1) is 0 Å². The number of rotatable bonds is 5. The largest absolute Gasteiger partial charge is 0.481 e. The third-order valence-corrected chi connectivity index (χ3v) is 2.54. The summed E-state index contributed by atoms with van der Waals surface area (Å²) in [5.41, 5.74) is 1.12. The molecule has 3 heteroatoms. The molecule has 2 N–H and O–H groups in total. The molecule has 0 aromatic heterocycles. The fourth-order valence-electron chi connectivity index (χ4n) is 1.37. The average Bonchev–Trinajstić information content (AvgIpc) is 2.26. The summed E-state index contributed by atoms with van der Waals surface area (Å²) in [5.74, 6) is -1.65. The molecule has 2 atom stereocenters. The Balaban J connectivity index is 2.41. The molecule has 0 unspecified atom stereocenters. The van der Waals surface area contributed by atoms with Gasteiger partial charge >= 0.3 is 5.97 Å². The topological polar surface area (TPSA) is 57.5 Å². The van der Waals surface area contributed by atoms with E-state index in [4.69, 9.17) is 5.11 Å². The molecule has 0 radical (unpaired) electrons. The van der Waals surface area contributed by atoms with Crippen LogP contribution in [0.2, 0.25) is 0 Å². The molecule has 0 amide bonds. The highest BCUT2D eigenvalue weighted by Gasteiger charge is 2.20. The number of benzene rings is 1. The Morgan fingerprint density at radius 3 is 2.47 bits per heavy atom. The monoisotopic (exact) mass is 208 g/mol. The van der Waals surface area contributed by atoms with Gasteiger partial charge in [0.05, 0.1) is 12.0 Å². The Kier molecular flexibility index (Phi) is 4.31. The second kappa shape index (κ2) is 5.51. The van der Waals surface area contributed by atoms with Crippen LogP contribution in [0.5, 0.6) is 0 Å². The summed E-state index contributed by atoms with van der Waals surface area (Å²) < 4.78 is 0. The molecule has 0 saturated carbocycles. The lowest BCUT2D eigenvalue weighted by Crippen LogP contribution is -2.25. The van der Waals surface area contributed by atoms with Crippen molar-refractivity contribution in [3.8, 4) is 0 Å². The van der Waals surface area contributed by atoms with E-state index >= 15 is 0 Å². The SMILES string of the molecule is C[C@@H](C(=O)O)[C@@H](O)CCc1ccccc1. The second-order valence-electron chi connectivity index (χ2n) is 3.72. The summed E-state index contributed by atoms with van der Waals surface area (Å²) in [6.45, 7) is 1.53. The number of aryl methyl sites for hydroxylation is 1. The van der Waals surface area contributed by atoms with Gasteiger partial charge in [-0.05, 0) is 25.3 Å². The molecule has 1 aromatic rings. The van der Waals surface area contributed by atoms with Crippen LogP contribution in [0.1, 0.15) is 18.9 Å². The van der Waals surface area contributed by atoms with Crippen LogP contribution >= 0.6 is 0 Å². The minimum Gasteiger partial charge on any atom is -0.481 e. The Bertz CT molecular complexity index is 308. The van der Waals surface area contributed by atoms with E-state index in [1.165, 1.54) is 6.92 Å². The lowest BCUT2D eigenvalue weighted by molar-refractivity contribution is -0.144. The van der Waals surface area contributed by atoms with Gasteiger partial charge < -0.3 is 10.2 Å². The Morgan fingerprint density at radius 2 is 1.93 bits per heavy atom. The normalized spacial score (nSPS) is 14.5. The number of aliphatic carboxylic acids is 1. The number of hydrogen-bond donors (Lipinski definition) is 2. The summed E-state index contributed by atoms with van der Waals surface area (Å²) >= 11 is 0. The number of hydrogen-bond acceptors (Lipinski definition) is 2. The second-order valence-corrected chi connectivity index (χ2v) is 3.72. The van der Waals surface area contributed by atoms with Crippen LogP contribution in [0.3, 0.4) is 0 Å². The van der Waals surface area contributed by atoms with Gasteiger partial charge in [-0.2, -0.15) is 0 Å². The van der Waals surface area contributed by atoms with Crippen LogP contribution in [0, 0.1) is 5.92 Å². The predicted octanol–water partition coefficient (Wildman–Crippen LogP) is 1.70. The first-order chi connectivity index (χ1) is 7.11. The van der Waals surface area contributed by atoms with Crippen LogP contribution in [-0.4, -0.2) is 22.3 Å². The van der Waals surface area contributed by atoms with Gasteiger partial charge in [0, 0.05) is 0 Å². The van der Waals surface area contributed by atoms with Crippen molar-refractivity contribution in [1.29, 1.82) is 0 Å². The quantitative estimate of drug-likeness (QED) is 0.774. The number of carboxylic acids is 1. The third kappa shape index (κ3) is 3.72. The molecule has 0 bridgehead atoms. The van der Waals surface area contributed by atoms with E-state index in [1.54, 1.807) is 0 Å². The van der Waals surface area contributed by atoms with Gasteiger partial charge in [0.1, 0.15) is 0 Å². The molecule has 0 fully saturated rings. The molecular formula is C12H16O3. The van der Waals surface area contributed by atoms with Crippen LogP contribution in [0.15, 0.2) is 30.3 Å². The molecular weight excluding hydrogens is 192 g/mol. The summed E-state index contributed by atoms with van der Waals surface area (Å²) in [7, 11) is 0. The Morgan fingerprint density at radius 1 is 1.33 bits per heavy atom. The molecule has 0 aliphatic rings. The minimum absolute atomic E-state index is 0.484. The smallest absolute Gasteiger partial charge is 0.308 e. The van der Waals surface area contributed by atoms with E-state index in [0.29, 0.717) is 12.8 Å². The van der Waals surface area contributed by atoms with E-state index in [1.807, 2.05) is 30.3 Å².